The molecule has 3 nitrogen and oxygen atoms in total. The fraction of sp³-hybridized carbons (Fsp3) is 0.316. The van der Waals surface area contributed by atoms with Gasteiger partial charge in [0.25, 0.3) is 0 Å². The van der Waals surface area contributed by atoms with Crippen LogP contribution < -0.4 is 10.1 Å². The fourth-order valence-electron chi connectivity index (χ4n) is 2.34. The quantitative estimate of drug-likeness (QED) is 0.446. The van der Waals surface area contributed by atoms with Crippen LogP contribution in [-0.2, 0) is 0 Å². The summed E-state index contributed by atoms with van der Waals surface area (Å²) >= 11 is 9.44. The second-order valence-corrected chi connectivity index (χ2v) is 7.45. The Morgan fingerprint density at radius 3 is 2.75 bits per heavy atom. The predicted molar refractivity (Wildman–Crippen MR) is 105 cm³/mol. The molecule has 0 spiro atoms. The van der Waals surface area contributed by atoms with Gasteiger partial charge in [0.05, 0.1) is 11.4 Å². The van der Waals surface area contributed by atoms with Gasteiger partial charge in [-0.15, -0.1) is 0 Å². The molecule has 0 heterocycles. The number of aryl methyl sites for hydroxylation is 2. The molecule has 0 aromatic heterocycles. The van der Waals surface area contributed by atoms with Gasteiger partial charge in [0, 0.05) is 16.7 Å². The number of benzene rings is 2. The van der Waals surface area contributed by atoms with E-state index in [0.717, 1.165) is 45.2 Å². The molecule has 1 saturated carbocycles. The van der Waals surface area contributed by atoms with Crippen molar-refractivity contribution >= 4 is 39.6 Å². The monoisotopic (exact) mass is 406 g/mol. The zero-order chi connectivity index (χ0) is 17.1. The SMILES string of the molecule is Cc1cc(Oc2ccc(Cl)c(Br)c2)c(C)cc1NC=NCC1CC1. The topological polar surface area (TPSA) is 33.6 Å². The molecule has 0 amide bonds. The highest BCUT2D eigenvalue weighted by Gasteiger charge is 2.19. The van der Waals surface area contributed by atoms with E-state index >= 15 is 0 Å². The van der Waals surface area contributed by atoms with Gasteiger partial charge in [-0.2, -0.15) is 0 Å². The molecule has 0 atom stereocenters. The molecule has 1 fully saturated rings. The normalized spacial score (nSPS) is 14.2. The van der Waals surface area contributed by atoms with Crippen molar-refractivity contribution in [1.29, 1.82) is 0 Å². The van der Waals surface area contributed by atoms with E-state index in [-0.39, 0.29) is 0 Å². The Morgan fingerprint density at radius 2 is 2.04 bits per heavy atom. The third-order valence-electron chi connectivity index (χ3n) is 4.01. The maximum atomic E-state index is 6.02. The molecule has 3 rings (SSSR count). The number of anilines is 1. The zero-order valence-corrected chi connectivity index (χ0v) is 16.1. The van der Waals surface area contributed by atoms with Crippen LogP contribution >= 0.6 is 27.5 Å². The van der Waals surface area contributed by atoms with Crippen molar-refractivity contribution in [3.05, 3.63) is 51.0 Å². The van der Waals surface area contributed by atoms with Gasteiger partial charge in [-0.1, -0.05) is 11.6 Å². The largest absolute Gasteiger partial charge is 0.457 e. The van der Waals surface area contributed by atoms with Crippen LogP contribution in [0, 0.1) is 19.8 Å². The number of rotatable bonds is 6. The van der Waals surface area contributed by atoms with Crippen LogP contribution in [0.2, 0.25) is 5.02 Å². The Morgan fingerprint density at radius 1 is 1.25 bits per heavy atom. The molecular weight excluding hydrogens is 388 g/mol. The van der Waals surface area contributed by atoms with Crippen LogP contribution in [0.5, 0.6) is 11.5 Å². The Balaban J connectivity index is 1.70. The Kier molecular flexibility index (Phi) is 5.47. The molecule has 5 heteroatoms. The van der Waals surface area contributed by atoms with Crippen molar-refractivity contribution in [2.45, 2.75) is 26.7 Å². The highest BCUT2D eigenvalue weighted by Crippen LogP contribution is 2.33. The summed E-state index contributed by atoms with van der Waals surface area (Å²) in [5.41, 5.74) is 3.22. The first kappa shape index (κ1) is 17.3. The van der Waals surface area contributed by atoms with Gasteiger partial charge in [-0.05, 0) is 90.0 Å². The molecule has 2 aromatic rings. The molecule has 0 bridgehead atoms. The second-order valence-electron chi connectivity index (χ2n) is 6.19. The Hall–Kier alpha value is -1.52. The van der Waals surface area contributed by atoms with Crippen molar-refractivity contribution in [3.63, 3.8) is 0 Å². The third kappa shape index (κ3) is 4.52. The third-order valence-corrected chi connectivity index (χ3v) is 5.23. The van der Waals surface area contributed by atoms with E-state index in [1.807, 2.05) is 31.2 Å². The first-order valence-corrected chi connectivity index (χ1v) is 9.19. The van der Waals surface area contributed by atoms with Crippen molar-refractivity contribution in [2.75, 3.05) is 11.9 Å². The van der Waals surface area contributed by atoms with Gasteiger partial charge in [0.2, 0.25) is 0 Å². The number of aliphatic imine (C=N–C) groups is 1. The minimum absolute atomic E-state index is 0.667. The highest BCUT2D eigenvalue weighted by molar-refractivity contribution is 9.10. The summed E-state index contributed by atoms with van der Waals surface area (Å²) in [5.74, 6) is 2.39. The van der Waals surface area contributed by atoms with E-state index in [0.29, 0.717) is 5.02 Å². The Bertz CT molecular complexity index is 772. The minimum Gasteiger partial charge on any atom is -0.457 e. The molecule has 0 radical (unpaired) electrons. The molecule has 0 unspecified atom stereocenters. The minimum atomic E-state index is 0.667. The van der Waals surface area contributed by atoms with Crippen molar-refractivity contribution in [1.82, 2.24) is 0 Å². The van der Waals surface area contributed by atoms with Crippen molar-refractivity contribution in [3.8, 4) is 11.5 Å². The summed E-state index contributed by atoms with van der Waals surface area (Å²) in [6.45, 7) is 5.02. The summed E-state index contributed by atoms with van der Waals surface area (Å²) in [7, 11) is 0. The number of nitrogens with one attached hydrogen (secondary N) is 1. The molecule has 2 aromatic carbocycles. The van der Waals surface area contributed by atoms with E-state index in [9.17, 15) is 0 Å². The molecule has 126 valence electrons. The summed E-state index contributed by atoms with van der Waals surface area (Å²) in [6.07, 6.45) is 4.45. The lowest BCUT2D eigenvalue weighted by atomic mass is 10.1. The number of halogens is 2. The second kappa shape index (κ2) is 7.58. The van der Waals surface area contributed by atoms with Gasteiger partial charge >= 0.3 is 0 Å². The van der Waals surface area contributed by atoms with Gasteiger partial charge < -0.3 is 10.1 Å². The molecule has 1 N–H and O–H groups in total. The number of hydrogen-bond donors (Lipinski definition) is 1. The summed E-state index contributed by atoms with van der Waals surface area (Å²) in [4.78, 5) is 4.42. The van der Waals surface area contributed by atoms with E-state index in [2.05, 4.69) is 39.2 Å². The average molecular weight is 408 g/mol. The molecule has 24 heavy (non-hydrogen) atoms. The smallest absolute Gasteiger partial charge is 0.130 e. The van der Waals surface area contributed by atoms with Crippen LogP contribution in [0.25, 0.3) is 0 Å². The summed E-state index contributed by atoms with van der Waals surface area (Å²) in [6, 6.07) is 9.66. The summed E-state index contributed by atoms with van der Waals surface area (Å²) < 4.78 is 6.82. The van der Waals surface area contributed by atoms with Gasteiger partial charge in [-0.25, -0.2) is 0 Å². The molecule has 1 aliphatic rings. The number of ether oxygens (including phenoxy) is 1. The zero-order valence-electron chi connectivity index (χ0n) is 13.8. The Labute approximate surface area is 156 Å². The lowest BCUT2D eigenvalue weighted by Gasteiger charge is -2.13. The highest BCUT2D eigenvalue weighted by atomic mass is 79.9. The molecular formula is C19H20BrClN2O. The van der Waals surface area contributed by atoms with Crippen molar-refractivity contribution < 1.29 is 4.74 Å². The summed E-state index contributed by atoms with van der Waals surface area (Å²) in [5, 5.41) is 3.94. The van der Waals surface area contributed by atoms with E-state index in [4.69, 9.17) is 16.3 Å². The first-order chi connectivity index (χ1) is 11.5. The van der Waals surface area contributed by atoms with E-state index < -0.39 is 0 Å². The van der Waals surface area contributed by atoms with Crippen LogP contribution in [-0.4, -0.2) is 12.9 Å². The number of hydrogen-bond acceptors (Lipinski definition) is 2. The maximum Gasteiger partial charge on any atom is 0.130 e. The molecule has 0 aliphatic heterocycles. The maximum absolute atomic E-state index is 6.02. The lowest BCUT2D eigenvalue weighted by Crippen LogP contribution is -2.00. The molecule has 1 aliphatic carbocycles. The first-order valence-electron chi connectivity index (χ1n) is 8.02. The van der Waals surface area contributed by atoms with E-state index in [1.165, 1.54) is 12.8 Å². The lowest BCUT2D eigenvalue weighted by molar-refractivity contribution is 0.478. The van der Waals surface area contributed by atoms with Gasteiger partial charge in [0.15, 0.2) is 0 Å². The average Bonchev–Trinajstić information content (AvgIpc) is 3.36. The fourth-order valence-corrected chi connectivity index (χ4v) is 2.82. The standard InChI is InChI=1S/C19H20BrClN2O/c1-12-8-19(24-15-5-6-17(21)16(20)9-15)13(2)7-18(12)23-11-22-10-14-3-4-14/h5-9,11,14H,3-4,10H2,1-2H3,(H,22,23). The van der Waals surface area contributed by atoms with Crippen LogP contribution in [0.1, 0.15) is 24.0 Å². The van der Waals surface area contributed by atoms with Crippen LogP contribution in [0.3, 0.4) is 0 Å². The predicted octanol–water partition coefficient (Wildman–Crippen LogP) is 6.36. The van der Waals surface area contributed by atoms with Gasteiger partial charge in [0.1, 0.15) is 11.5 Å². The van der Waals surface area contributed by atoms with Gasteiger partial charge in [-0.3, -0.25) is 4.99 Å². The van der Waals surface area contributed by atoms with Crippen LogP contribution in [0.4, 0.5) is 5.69 Å². The van der Waals surface area contributed by atoms with Crippen LogP contribution in [0.15, 0.2) is 39.8 Å². The van der Waals surface area contributed by atoms with E-state index in [1.54, 1.807) is 6.34 Å². The van der Waals surface area contributed by atoms with Crippen molar-refractivity contribution in [2.24, 2.45) is 10.9 Å². The molecule has 0 saturated heterocycles. The number of nitrogens with zero attached hydrogens (tertiary/aromatic N) is 1.